The fraction of sp³-hybridized carbons (Fsp3) is 0.300. The molecule has 26 heavy (non-hydrogen) atoms. The number of aryl methyl sites for hydroxylation is 1. The van der Waals surface area contributed by atoms with E-state index in [1.807, 2.05) is 12.1 Å². The fourth-order valence-corrected chi connectivity index (χ4v) is 3.17. The van der Waals surface area contributed by atoms with Crippen molar-refractivity contribution in [2.45, 2.75) is 25.3 Å². The van der Waals surface area contributed by atoms with Crippen LogP contribution in [0.15, 0.2) is 48.5 Å². The molecule has 0 fully saturated rings. The Bertz CT molecular complexity index is 777. The molecule has 3 rings (SSSR count). The topological polar surface area (TPSA) is 70.2 Å². The van der Waals surface area contributed by atoms with Crippen LogP contribution in [0.5, 0.6) is 0 Å². The van der Waals surface area contributed by atoms with Crippen LogP contribution in [0.1, 0.15) is 40.4 Å². The molecule has 136 valence electrons. The zero-order chi connectivity index (χ0) is 18.4. The number of benzene rings is 2. The lowest BCUT2D eigenvalue weighted by atomic mass is 9.88. The average molecular weight is 355 g/mol. The lowest BCUT2D eigenvalue weighted by Crippen LogP contribution is -2.42. The Labute approximate surface area is 152 Å². The van der Waals surface area contributed by atoms with Crippen LogP contribution in [0.2, 0.25) is 0 Å². The summed E-state index contributed by atoms with van der Waals surface area (Å²) in [7, 11) is 0. The largest absolute Gasteiger partial charge is 0.350 e. The Morgan fingerprint density at radius 2 is 1.73 bits per heavy atom. The Morgan fingerprint density at radius 3 is 2.54 bits per heavy atom. The molecule has 0 spiro atoms. The Hall–Kier alpha value is -2.89. The molecule has 3 amide bonds. The highest BCUT2D eigenvalue weighted by molar-refractivity contribution is 5.94. The van der Waals surface area contributed by atoms with Crippen molar-refractivity contribution in [3.05, 3.63) is 71.0 Å². The standard InChI is InChI=1S/C20H22FN3O2/c21-16-10-8-15(9-11-16)19(25)22-12-13-23-20(26)24-18-7-3-5-14-4-1-2-6-17(14)18/h1-2,4,6,8-11,18H,3,5,7,12-13H2,(H,22,25)(H2,23,24,26). The summed E-state index contributed by atoms with van der Waals surface area (Å²) in [6, 6.07) is 13.3. The van der Waals surface area contributed by atoms with Gasteiger partial charge in [0.2, 0.25) is 0 Å². The monoisotopic (exact) mass is 355 g/mol. The first kappa shape index (κ1) is 17.9. The van der Waals surface area contributed by atoms with Gasteiger partial charge in [-0.1, -0.05) is 24.3 Å². The summed E-state index contributed by atoms with van der Waals surface area (Å²) in [5, 5.41) is 8.44. The predicted octanol–water partition coefficient (Wildman–Crippen LogP) is 2.93. The maximum atomic E-state index is 12.8. The average Bonchev–Trinajstić information content (AvgIpc) is 2.66. The van der Waals surface area contributed by atoms with Crippen LogP contribution in [-0.2, 0) is 6.42 Å². The third kappa shape index (κ3) is 4.59. The first-order valence-electron chi connectivity index (χ1n) is 8.79. The number of rotatable bonds is 5. The first-order valence-corrected chi connectivity index (χ1v) is 8.79. The van der Waals surface area contributed by atoms with Crippen LogP contribution in [0, 0.1) is 5.82 Å². The Balaban J connectivity index is 1.41. The molecule has 0 saturated carbocycles. The molecule has 0 bridgehead atoms. The molecular weight excluding hydrogens is 333 g/mol. The molecule has 3 N–H and O–H groups in total. The lowest BCUT2D eigenvalue weighted by Gasteiger charge is -2.26. The molecule has 2 aromatic rings. The predicted molar refractivity (Wildman–Crippen MR) is 97.4 cm³/mol. The first-order chi connectivity index (χ1) is 12.6. The van der Waals surface area contributed by atoms with Gasteiger partial charge in [0.25, 0.3) is 5.91 Å². The van der Waals surface area contributed by atoms with Gasteiger partial charge in [-0.05, 0) is 54.7 Å². The normalized spacial score (nSPS) is 15.7. The SMILES string of the molecule is O=C(NCCNC(=O)c1ccc(F)cc1)NC1CCCc2ccccc21. The van der Waals surface area contributed by atoms with E-state index in [2.05, 4.69) is 28.1 Å². The lowest BCUT2D eigenvalue weighted by molar-refractivity contribution is 0.0953. The summed E-state index contributed by atoms with van der Waals surface area (Å²) < 4.78 is 12.8. The molecule has 0 saturated heterocycles. The van der Waals surface area contributed by atoms with E-state index in [0.29, 0.717) is 18.7 Å². The van der Waals surface area contributed by atoms with Gasteiger partial charge < -0.3 is 16.0 Å². The van der Waals surface area contributed by atoms with Crippen LogP contribution < -0.4 is 16.0 Å². The molecule has 1 aliphatic carbocycles. The number of halogens is 1. The van der Waals surface area contributed by atoms with Gasteiger partial charge in [0.1, 0.15) is 5.82 Å². The van der Waals surface area contributed by atoms with E-state index in [0.717, 1.165) is 19.3 Å². The van der Waals surface area contributed by atoms with Gasteiger partial charge in [0, 0.05) is 18.7 Å². The molecule has 0 heterocycles. The van der Waals surface area contributed by atoms with Crippen LogP contribution in [0.25, 0.3) is 0 Å². The smallest absolute Gasteiger partial charge is 0.315 e. The number of carbonyl (C=O) groups is 2. The number of hydrogen-bond acceptors (Lipinski definition) is 2. The summed E-state index contributed by atoms with van der Waals surface area (Å²) in [5.41, 5.74) is 2.85. The Kier molecular flexibility index (Phi) is 5.84. The van der Waals surface area contributed by atoms with E-state index in [1.165, 1.54) is 35.4 Å². The van der Waals surface area contributed by atoms with Gasteiger partial charge in [-0.15, -0.1) is 0 Å². The van der Waals surface area contributed by atoms with Crippen molar-refractivity contribution >= 4 is 11.9 Å². The zero-order valence-corrected chi connectivity index (χ0v) is 14.4. The summed E-state index contributed by atoms with van der Waals surface area (Å²) in [4.78, 5) is 24.0. The second-order valence-corrected chi connectivity index (χ2v) is 6.31. The highest BCUT2D eigenvalue weighted by Crippen LogP contribution is 2.29. The third-order valence-electron chi connectivity index (χ3n) is 4.48. The van der Waals surface area contributed by atoms with E-state index in [-0.39, 0.29) is 23.8 Å². The van der Waals surface area contributed by atoms with Crippen molar-refractivity contribution in [2.24, 2.45) is 0 Å². The summed E-state index contributed by atoms with van der Waals surface area (Å²) in [5.74, 6) is -0.683. The number of amides is 3. The minimum atomic E-state index is -0.385. The molecule has 1 unspecified atom stereocenters. The molecule has 0 aliphatic heterocycles. The fourth-order valence-electron chi connectivity index (χ4n) is 3.17. The second-order valence-electron chi connectivity index (χ2n) is 6.31. The zero-order valence-electron chi connectivity index (χ0n) is 14.4. The number of urea groups is 1. The van der Waals surface area contributed by atoms with Crippen molar-refractivity contribution in [1.82, 2.24) is 16.0 Å². The second kappa shape index (κ2) is 8.47. The molecule has 0 aromatic heterocycles. The van der Waals surface area contributed by atoms with Crippen LogP contribution in [0.4, 0.5) is 9.18 Å². The summed E-state index contributed by atoms with van der Waals surface area (Å²) in [6.07, 6.45) is 3.02. The molecule has 6 heteroatoms. The van der Waals surface area contributed by atoms with E-state index in [9.17, 15) is 14.0 Å². The minimum Gasteiger partial charge on any atom is -0.350 e. The maximum absolute atomic E-state index is 12.8. The van der Waals surface area contributed by atoms with Crippen LogP contribution in [-0.4, -0.2) is 25.0 Å². The van der Waals surface area contributed by atoms with Gasteiger partial charge in [-0.25, -0.2) is 9.18 Å². The number of nitrogens with one attached hydrogen (secondary N) is 3. The van der Waals surface area contributed by atoms with Gasteiger partial charge in [-0.3, -0.25) is 4.79 Å². The van der Waals surface area contributed by atoms with E-state index < -0.39 is 0 Å². The van der Waals surface area contributed by atoms with Gasteiger partial charge in [0.15, 0.2) is 0 Å². The van der Waals surface area contributed by atoms with Crippen molar-refractivity contribution in [3.8, 4) is 0 Å². The highest BCUT2D eigenvalue weighted by atomic mass is 19.1. The van der Waals surface area contributed by atoms with Gasteiger partial charge in [-0.2, -0.15) is 0 Å². The maximum Gasteiger partial charge on any atom is 0.315 e. The number of hydrogen-bond donors (Lipinski definition) is 3. The summed E-state index contributed by atoms with van der Waals surface area (Å²) in [6.45, 7) is 0.609. The molecular formula is C20H22FN3O2. The molecule has 5 nitrogen and oxygen atoms in total. The molecule has 2 aromatic carbocycles. The van der Waals surface area contributed by atoms with E-state index >= 15 is 0 Å². The van der Waals surface area contributed by atoms with Crippen molar-refractivity contribution < 1.29 is 14.0 Å². The van der Waals surface area contributed by atoms with Crippen LogP contribution in [0.3, 0.4) is 0 Å². The Morgan fingerprint density at radius 1 is 1.00 bits per heavy atom. The third-order valence-corrected chi connectivity index (χ3v) is 4.48. The van der Waals surface area contributed by atoms with E-state index in [1.54, 1.807) is 0 Å². The van der Waals surface area contributed by atoms with Crippen molar-refractivity contribution in [2.75, 3.05) is 13.1 Å². The molecule has 1 atom stereocenters. The molecule has 1 aliphatic rings. The number of carbonyl (C=O) groups excluding carboxylic acids is 2. The van der Waals surface area contributed by atoms with Crippen LogP contribution >= 0.6 is 0 Å². The van der Waals surface area contributed by atoms with Crippen molar-refractivity contribution in [1.29, 1.82) is 0 Å². The number of fused-ring (bicyclic) bond motifs is 1. The quantitative estimate of drug-likeness (QED) is 0.722. The molecule has 0 radical (unpaired) electrons. The van der Waals surface area contributed by atoms with Gasteiger partial charge >= 0.3 is 6.03 Å². The van der Waals surface area contributed by atoms with E-state index in [4.69, 9.17) is 0 Å². The minimum absolute atomic E-state index is 0.0220. The van der Waals surface area contributed by atoms with Gasteiger partial charge in [0.05, 0.1) is 6.04 Å². The highest BCUT2D eigenvalue weighted by Gasteiger charge is 2.21. The summed E-state index contributed by atoms with van der Waals surface area (Å²) >= 11 is 0. The van der Waals surface area contributed by atoms with Crippen molar-refractivity contribution in [3.63, 3.8) is 0 Å².